The molecule has 0 fully saturated rings. The highest BCUT2D eigenvalue weighted by molar-refractivity contribution is 9.10. The summed E-state index contributed by atoms with van der Waals surface area (Å²) in [6.45, 7) is 0. The Morgan fingerprint density at radius 1 is 0.488 bits per heavy atom. The fraction of sp³-hybridized carbons (Fsp3) is 0. The maximum atomic E-state index is 5.02. The summed E-state index contributed by atoms with van der Waals surface area (Å²) in [6, 6.07) is 41.6. The van der Waals surface area contributed by atoms with Gasteiger partial charge in [-0.1, -0.05) is 88.7 Å². The van der Waals surface area contributed by atoms with Crippen molar-refractivity contribution in [3.05, 3.63) is 144 Å². The average Bonchev–Trinajstić information content (AvgIpc) is 3.05. The van der Waals surface area contributed by atoms with Gasteiger partial charge in [-0.3, -0.25) is 9.97 Å². The predicted octanol–water partition coefficient (Wildman–Crippen LogP) is 9.52. The molecule has 0 amide bonds. The molecule has 7 rings (SSSR count). The summed E-state index contributed by atoms with van der Waals surface area (Å²) >= 11 is 3.76. The van der Waals surface area contributed by atoms with E-state index in [0.29, 0.717) is 5.82 Å². The third-order valence-electron chi connectivity index (χ3n) is 7.08. The van der Waals surface area contributed by atoms with Crippen LogP contribution < -0.4 is 0 Å². The van der Waals surface area contributed by atoms with Gasteiger partial charge >= 0.3 is 0 Å². The second-order valence-corrected chi connectivity index (χ2v) is 10.7. The Balaban J connectivity index is 1.37. The number of nitrogens with zero attached hydrogens (tertiary/aromatic N) is 4. The highest BCUT2D eigenvalue weighted by Crippen LogP contribution is 2.35. The van der Waals surface area contributed by atoms with E-state index in [-0.39, 0.29) is 0 Å². The van der Waals surface area contributed by atoms with Crippen molar-refractivity contribution in [3.63, 3.8) is 0 Å². The van der Waals surface area contributed by atoms with Crippen molar-refractivity contribution < 1.29 is 0 Å². The lowest BCUT2D eigenvalue weighted by Crippen LogP contribution is -1.96. The lowest BCUT2D eigenvalue weighted by molar-refractivity contribution is 1.17. The van der Waals surface area contributed by atoms with Crippen LogP contribution in [-0.4, -0.2) is 19.9 Å². The molecule has 41 heavy (non-hydrogen) atoms. The van der Waals surface area contributed by atoms with Crippen LogP contribution in [-0.2, 0) is 0 Å². The van der Waals surface area contributed by atoms with Crippen LogP contribution in [0.2, 0.25) is 0 Å². The standard InChI is InChI=1S/C36H23BrN4/c37-30-20-28(31-10-4-12-33-32(31)11-6-18-39-33)19-29(21-30)35-22-34(40-36(41-35)27-9-5-17-38-23-27)26-15-13-25(14-16-26)24-7-2-1-3-8-24/h1-23H. The van der Waals surface area contributed by atoms with Crippen molar-refractivity contribution in [2.24, 2.45) is 0 Å². The third kappa shape index (κ3) is 5.15. The molecular formula is C36H23BrN4. The summed E-state index contributed by atoms with van der Waals surface area (Å²) in [5, 5.41) is 1.11. The largest absolute Gasteiger partial charge is 0.264 e. The smallest absolute Gasteiger partial charge is 0.161 e. The molecule has 0 spiro atoms. The lowest BCUT2D eigenvalue weighted by atomic mass is 9.97. The normalized spacial score (nSPS) is 11.0. The molecule has 0 atom stereocenters. The first-order valence-corrected chi connectivity index (χ1v) is 14.1. The van der Waals surface area contributed by atoms with E-state index in [1.54, 1.807) is 12.4 Å². The molecule has 0 aliphatic heterocycles. The Bertz CT molecular complexity index is 1980. The Morgan fingerprint density at radius 3 is 2.00 bits per heavy atom. The van der Waals surface area contributed by atoms with Crippen LogP contribution in [0.3, 0.4) is 0 Å². The molecule has 0 aliphatic carbocycles. The summed E-state index contributed by atoms with van der Waals surface area (Å²) in [5.74, 6) is 0.633. The van der Waals surface area contributed by atoms with Gasteiger partial charge in [0.15, 0.2) is 5.82 Å². The fourth-order valence-electron chi connectivity index (χ4n) is 5.08. The van der Waals surface area contributed by atoms with Gasteiger partial charge in [-0.15, -0.1) is 0 Å². The van der Waals surface area contributed by atoms with E-state index >= 15 is 0 Å². The SMILES string of the molecule is Brc1cc(-c2cc(-c3ccc(-c4ccccc4)cc3)nc(-c3cccnc3)n2)cc(-c2cccc3ncccc23)c1. The number of hydrogen-bond donors (Lipinski definition) is 0. The van der Waals surface area contributed by atoms with Gasteiger partial charge in [0.2, 0.25) is 0 Å². The van der Waals surface area contributed by atoms with Gasteiger partial charge in [0.05, 0.1) is 16.9 Å². The van der Waals surface area contributed by atoms with Gasteiger partial charge in [-0.2, -0.15) is 0 Å². The zero-order chi connectivity index (χ0) is 27.6. The van der Waals surface area contributed by atoms with E-state index in [1.165, 1.54) is 5.56 Å². The van der Waals surface area contributed by atoms with Crippen molar-refractivity contribution in [3.8, 4) is 56.2 Å². The second-order valence-electron chi connectivity index (χ2n) is 9.75. The van der Waals surface area contributed by atoms with Crippen LogP contribution in [0.4, 0.5) is 0 Å². The molecule has 5 heteroatoms. The minimum atomic E-state index is 0.633. The quantitative estimate of drug-likeness (QED) is 0.200. The van der Waals surface area contributed by atoms with E-state index in [2.05, 4.69) is 111 Å². The van der Waals surface area contributed by atoms with Crippen LogP contribution in [0.5, 0.6) is 0 Å². The summed E-state index contributed by atoms with van der Waals surface area (Å²) in [4.78, 5) is 18.9. The van der Waals surface area contributed by atoms with E-state index in [1.807, 2.05) is 42.6 Å². The molecule has 0 N–H and O–H groups in total. The fourth-order valence-corrected chi connectivity index (χ4v) is 5.57. The Hall–Kier alpha value is -5.00. The van der Waals surface area contributed by atoms with Gasteiger partial charge in [-0.25, -0.2) is 9.97 Å². The van der Waals surface area contributed by atoms with E-state index in [4.69, 9.17) is 9.97 Å². The predicted molar refractivity (Wildman–Crippen MR) is 170 cm³/mol. The van der Waals surface area contributed by atoms with Crippen molar-refractivity contribution in [2.75, 3.05) is 0 Å². The molecule has 0 radical (unpaired) electrons. The van der Waals surface area contributed by atoms with Crippen LogP contribution in [0.15, 0.2) is 144 Å². The summed E-state index contributed by atoms with van der Waals surface area (Å²) in [6.07, 6.45) is 5.39. The first-order chi connectivity index (χ1) is 20.2. The van der Waals surface area contributed by atoms with Crippen molar-refractivity contribution >= 4 is 26.8 Å². The Kier molecular flexibility index (Phi) is 6.63. The van der Waals surface area contributed by atoms with Gasteiger partial charge in [0.25, 0.3) is 0 Å². The molecule has 0 saturated carbocycles. The lowest BCUT2D eigenvalue weighted by Gasteiger charge is -2.12. The molecule has 3 heterocycles. The Labute approximate surface area is 246 Å². The molecule has 4 nitrogen and oxygen atoms in total. The topological polar surface area (TPSA) is 51.6 Å². The van der Waals surface area contributed by atoms with Crippen LogP contribution in [0, 0.1) is 0 Å². The van der Waals surface area contributed by atoms with Gasteiger partial charge in [-0.05, 0) is 70.8 Å². The number of fused-ring (bicyclic) bond motifs is 1. The molecule has 0 bridgehead atoms. The molecule has 7 aromatic rings. The molecule has 0 aliphatic rings. The minimum absolute atomic E-state index is 0.633. The van der Waals surface area contributed by atoms with Crippen molar-refractivity contribution in [1.82, 2.24) is 19.9 Å². The summed E-state index contributed by atoms with van der Waals surface area (Å²) < 4.78 is 0.973. The maximum absolute atomic E-state index is 5.02. The van der Waals surface area contributed by atoms with Gasteiger partial charge < -0.3 is 0 Å². The summed E-state index contributed by atoms with van der Waals surface area (Å²) in [5.41, 5.74) is 10.1. The van der Waals surface area contributed by atoms with Crippen molar-refractivity contribution in [2.45, 2.75) is 0 Å². The first kappa shape index (κ1) is 25.0. The minimum Gasteiger partial charge on any atom is -0.264 e. The molecule has 194 valence electrons. The zero-order valence-corrected chi connectivity index (χ0v) is 23.5. The van der Waals surface area contributed by atoms with Gasteiger partial charge in [0, 0.05) is 45.1 Å². The maximum Gasteiger partial charge on any atom is 0.161 e. The number of aromatic nitrogens is 4. The number of halogens is 1. The van der Waals surface area contributed by atoms with E-state index < -0.39 is 0 Å². The van der Waals surface area contributed by atoms with Crippen LogP contribution >= 0.6 is 15.9 Å². The van der Waals surface area contributed by atoms with E-state index in [9.17, 15) is 0 Å². The van der Waals surface area contributed by atoms with Gasteiger partial charge in [0.1, 0.15) is 0 Å². The number of pyridine rings is 2. The average molecular weight is 592 g/mol. The number of benzene rings is 4. The second kappa shape index (κ2) is 10.9. The first-order valence-electron chi connectivity index (χ1n) is 13.3. The highest BCUT2D eigenvalue weighted by Gasteiger charge is 2.14. The molecular weight excluding hydrogens is 568 g/mol. The molecule has 0 unspecified atom stereocenters. The van der Waals surface area contributed by atoms with Crippen LogP contribution in [0.25, 0.3) is 67.1 Å². The van der Waals surface area contributed by atoms with Crippen LogP contribution in [0.1, 0.15) is 0 Å². The molecule has 0 saturated heterocycles. The third-order valence-corrected chi connectivity index (χ3v) is 7.54. The molecule has 3 aromatic heterocycles. The highest BCUT2D eigenvalue weighted by atomic mass is 79.9. The molecule has 4 aromatic carbocycles. The van der Waals surface area contributed by atoms with Crippen molar-refractivity contribution in [1.29, 1.82) is 0 Å². The Morgan fingerprint density at radius 2 is 1.20 bits per heavy atom. The number of hydrogen-bond acceptors (Lipinski definition) is 4. The monoisotopic (exact) mass is 590 g/mol. The number of rotatable bonds is 5. The zero-order valence-electron chi connectivity index (χ0n) is 21.9. The summed E-state index contributed by atoms with van der Waals surface area (Å²) in [7, 11) is 0. The van der Waals surface area contributed by atoms with E-state index in [0.717, 1.165) is 60.1 Å².